The molecule has 4 heterocycles. The van der Waals surface area contributed by atoms with Crippen molar-refractivity contribution in [2.24, 2.45) is 0 Å². The fourth-order valence-corrected chi connectivity index (χ4v) is 4.86. The Morgan fingerprint density at radius 1 is 0.500 bits per heavy atom. The molecular weight excluding hydrogens is 627 g/mol. The monoisotopic (exact) mass is 657 g/mol. The third-order valence-corrected chi connectivity index (χ3v) is 6.62. The quantitative estimate of drug-likeness (QED) is 0.174. The summed E-state index contributed by atoms with van der Waals surface area (Å²) in [4.78, 5) is 22.5. The number of aryl methyl sites for hydroxylation is 1. The predicted molar refractivity (Wildman–Crippen MR) is 153 cm³/mol. The normalized spacial score (nSPS) is 10.7. The van der Waals surface area contributed by atoms with E-state index in [9.17, 15) is 5.11 Å². The molecule has 7 nitrogen and oxygen atoms in total. The number of hydrogen-bond acceptors (Lipinski definition) is 7. The smallest absolute Gasteiger partial charge is 0.872 e. The first kappa shape index (κ1) is 33.3. The van der Waals surface area contributed by atoms with E-state index in [0.717, 1.165) is 39.5 Å². The van der Waals surface area contributed by atoms with Gasteiger partial charge in [0.2, 0.25) is 0 Å². The fraction of sp³-hybridized carbons (Fsp3) is 0.212. The Morgan fingerprint density at radius 3 is 1.07 bits per heavy atom. The number of benzene rings is 1. The predicted octanol–water partition coefficient (Wildman–Crippen LogP) is 5.05. The molecule has 0 unspecified atom stereocenters. The van der Waals surface area contributed by atoms with Crippen LogP contribution >= 0.6 is 0 Å². The molecule has 9 heteroatoms. The van der Waals surface area contributed by atoms with Crippen LogP contribution in [-0.2, 0) is 78.2 Å². The second-order valence-corrected chi connectivity index (χ2v) is 9.99. The van der Waals surface area contributed by atoms with E-state index >= 15 is 0 Å². The molecule has 0 aliphatic heterocycles. The Balaban J connectivity index is 0.00000242. The van der Waals surface area contributed by atoms with Crippen LogP contribution in [-0.4, -0.2) is 29.7 Å². The van der Waals surface area contributed by atoms with Crippen molar-refractivity contribution < 1.29 is 44.1 Å². The molecule has 0 aliphatic carbocycles. The summed E-state index contributed by atoms with van der Waals surface area (Å²) in [5.41, 5.74) is 6.43. The minimum Gasteiger partial charge on any atom is -0.872 e. The topological polar surface area (TPSA) is 81.1 Å². The first-order valence-corrected chi connectivity index (χ1v) is 13.5. The van der Waals surface area contributed by atoms with E-state index in [0.29, 0.717) is 39.3 Å². The van der Waals surface area contributed by atoms with Crippen molar-refractivity contribution in [1.29, 1.82) is 0 Å². The minimum atomic E-state index is 0. The second-order valence-electron chi connectivity index (χ2n) is 9.99. The largest absolute Gasteiger partial charge is 2.00 e. The summed E-state index contributed by atoms with van der Waals surface area (Å²) in [5, 5.41) is 13.9. The summed E-state index contributed by atoms with van der Waals surface area (Å²) in [6.07, 6.45) is 7.21. The van der Waals surface area contributed by atoms with Gasteiger partial charge in [-0.25, -0.2) is 0 Å². The molecule has 42 heavy (non-hydrogen) atoms. The molecule has 5 aromatic rings. The molecule has 202 valence electrons. The molecule has 0 N–H and O–H groups in total. The van der Waals surface area contributed by atoms with E-state index in [1.165, 1.54) is 0 Å². The Bertz CT molecular complexity index is 1290. The summed E-state index contributed by atoms with van der Waals surface area (Å²) >= 11 is 0. The van der Waals surface area contributed by atoms with Gasteiger partial charge < -0.3 is 5.11 Å². The number of rotatable bonds is 12. The molecule has 0 aliphatic rings. The molecule has 0 spiro atoms. The summed E-state index contributed by atoms with van der Waals surface area (Å²) in [7, 11) is 0. The van der Waals surface area contributed by atoms with Crippen LogP contribution in [0, 0.1) is 6.92 Å². The van der Waals surface area contributed by atoms with Crippen molar-refractivity contribution in [3.8, 4) is 5.75 Å². The van der Waals surface area contributed by atoms with Crippen molar-refractivity contribution in [1.82, 2.24) is 29.7 Å². The van der Waals surface area contributed by atoms with E-state index in [-0.39, 0.29) is 44.7 Å². The minimum absolute atomic E-state index is 0. The molecule has 1 aromatic carbocycles. The van der Waals surface area contributed by atoms with Crippen LogP contribution in [0.3, 0.4) is 0 Å². The van der Waals surface area contributed by atoms with Crippen LogP contribution in [0.15, 0.2) is 110 Å². The molecule has 0 bridgehead atoms. The van der Waals surface area contributed by atoms with Gasteiger partial charge in [-0.3, -0.25) is 29.7 Å². The zero-order valence-corrected chi connectivity index (χ0v) is 30.1. The van der Waals surface area contributed by atoms with Crippen molar-refractivity contribution in [3.05, 3.63) is 149 Å². The van der Waals surface area contributed by atoms with Crippen LogP contribution in [0.2, 0.25) is 0 Å². The molecule has 0 fully saturated rings. The maximum atomic E-state index is 13.9. The molecule has 0 atom stereocenters. The van der Waals surface area contributed by atoms with Crippen molar-refractivity contribution >= 4 is 0 Å². The van der Waals surface area contributed by atoms with Gasteiger partial charge in [0.1, 0.15) is 0 Å². The Labute approximate surface area is 273 Å². The Morgan fingerprint density at radius 2 is 0.810 bits per heavy atom. The van der Waals surface area contributed by atoms with Gasteiger partial charge in [-0.05, 0) is 66.6 Å². The number of nitrogens with zero attached hydrogens (tertiary/aromatic N) is 6. The third kappa shape index (κ3) is 9.96. The van der Waals surface area contributed by atoms with Gasteiger partial charge in [0.05, 0.1) is 22.8 Å². The van der Waals surface area contributed by atoms with E-state index in [1.54, 1.807) is 24.8 Å². The Hall–Kier alpha value is -3.21. The van der Waals surface area contributed by atoms with Gasteiger partial charge in [-0.1, -0.05) is 47.7 Å². The second kappa shape index (κ2) is 17.0. The SMILES string of the molecule is Cc1cc(CN(Cc2ccccn2)Cc2ccccn2)c([O-])c(CN(Cc2ccccn2)Cc2ccccn2)c1.[Zn+2].[Zn+2]. The molecule has 0 radical (unpaired) electrons. The summed E-state index contributed by atoms with van der Waals surface area (Å²) in [6, 6.07) is 27.7. The maximum Gasteiger partial charge on any atom is 2.00 e. The standard InChI is InChI=1S/C33H34N6O.2Zn/c1-26-18-27(20-38(22-29-10-2-6-14-34-29)23-30-11-3-7-15-35-30)33(40)28(19-26)21-39(24-31-12-4-8-16-36-31)25-32-13-5-9-17-37-32;;/h2-19,40H,20-25H2,1H3;;/q;2*+2/p-1. The van der Waals surface area contributed by atoms with Crippen molar-refractivity contribution in [2.45, 2.75) is 46.2 Å². The number of hydrogen-bond donors (Lipinski definition) is 0. The summed E-state index contributed by atoms with van der Waals surface area (Å²) in [6.45, 7) is 5.52. The van der Waals surface area contributed by atoms with Gasteiger partial charge in [-0.15, -0.1) is 0 Å². The average molecular weight is 660 g/mol. The molecular formula is C33H33N6OZn2+3. The molecule has 0 saturated carbocycles. The van der Waals surface area contributed by atoms with E-state index in [2.05, 4.69) is 36.7 Å². The maximum absolute atomic E-state index is 13.9. The summed E-state index contributed by atoms with van der Waals surface area (Å²) in [5.74, 6) is 0.0738. The van der Waals surface area contributed by atoms with Gasteiger partial charge >= 0.3 is 39.0 Å². The van der Waals surface area contributed by atoms with Crippen LogP contribution in [0.4, 0.5) is 0 Å². The van der Waals surface area contributed by atoms with Gasteiger partial charge in [-0.2, -0.15) is 0 Å². The van der Waals surface area contributed by atoms with Crippen LogP contribution in [0.5, 0.6) is 5.75 Å². The van der Waals surface area contributed by atoms with Crippen LogP contribution in [0.25, 0.3) is 0 Å². The Kier molecular flexibility index (Phi) is 13.5. The van der Waals surface area contributed by atoms with E-state index in [4.69, 9.17) is 0 Å². The molecule has 5 rings (SSSR count). The molecule has 0 amide bonds. The number of aromatic nitrogens is 4. The van der Waals surface area contributed by atoms with E-state index in [1.807, 2.05) is 84.9 Å². The van der Waals surface area contributed by atoms with Crippen molar-refractivity contribution in [2.75, 3.05) is 0 Å². The van der Waals surface area contributed by atoms with Gasteiger partial charge in [0, 0.05) is 64.1 Å². The van der Waals surface area contributed by atoms with Gasteiger partial charge in [0.15, 0.2) is 0 Å². The molecule has 0 saturated heterocycles. The van der Waals surface area contributed by atoms with Crippen LogP contribution < -0.4 is 5.11 Å². The van der Waals surface area contributed by atoms with Crippen LogP contribution in [0.1, 0.15) is 39.5 Å². The number of pyridine rings is 4. The van der Waals surface area contributed by atoms with Gasteiger partial charge in [0.25, 0.3) is 0 Å². The zero-order valence-electron chi connectivity index (χ0n) is 24.1. The zero-order chi connectivity index (χ0) is 27.6. The first-order valence-electron chi connectivity index (χ1n) is 13.5. The average Bonchev–Trinajstić information content (AvgIpc) is 2.97. The fourth-order valence-electron chi connectivity index (χ4n) is 4.86. The summed E-state index contributed by atoms with van der Waals surface area (Å²) < 4.78 is 0. The van der Waals surface area contributed by atoms with E-state index < -0.39 is 0 Å². The molecule has 4 aromatic heterocycles. The third-order valence-electron chi connectivity index (χ3n) is 6.62. The van der Waals surface area contributed by atoms with Crippen molar-refractivity contribution in [3.63, 3.8) is 0 Å². The first-order chi connectivity index (χ1) is 19.6.